The fraction of sp³-hybridized carbons (Fsp3) is 0.108. The van der Waals surface area contributed by atoms with Crippen LogP contribution < -0.4 is 26.0 Å². The van der Waals surface area contributed by atoms with E-state index in [1.165, 1.54) is 38.4 Å². The second kappa shape index (κ2) is 17.6. The molecule has 2 aromatic heterocycles. The van der Waals surface area contributed by atoms with Crippen molar-refractivity contribution < 1.29 is 9.15 Å². The van der Waals surface area contributed by atoms with Crippen molar-refractivity contribution in [1.82, 2.24) is 4.57 Å². The number of anilines is 3. The zero-order valence-electron chi connectivity index (χ0n) is 45.3. The lowest BCUT2D eigenvalue weighted by atomic mass is 9.34. The van der Waals surface area contributed by atoms with Crippen molar-refractivity contribution in [2.24, 2.45) is 0 Å². The molecule has 2 aliphatic rings. The van der Waals surface area contributed by atoms with Crippen LogP contribution in [0, 0.1) is 0 Å². The summed E-state index contributed by atoms with van der Waals surface area (Å²) in [4.78, 5) is 2.55. The lowest BCUT2D eigenvalue weighted by Crippen LogP contribution is -2.59. The SMILES string of the molecule is CC(C)(C)c1ccc2c(c1)c1cc(C(C)(C)C)ccc1n2-c1ccc2c(c1)Oc1cc(-c3ccccc3)cc3c1B2c1cc(-c2cccc4oc5ccccc5c24)ccc1N3c1c(-c2ccccc2)cccc1-c1ccccc1. The highest BCUT2D eigenvalue weighted by atomic mass is 16.5. The monoisotopic (exact) mass is 1020 g/mol. The number of hydrogen-bond donors (Lipinski definition) is 0. The molecule has 2 aliphatic heterocycles. The molecule has 0 amide bonds. The highest BCUT2D eigenvalue weighted by Crippen LogP contribution is 2.51. The first-order chi connectivity index (χ1) is 38.4. The second-order valence-electron chi connectivity index (χ2n) is 23.6. The molecule has 378 valence electrons. The maximum absolute atomic E-state index is 7.56. The predicted molar refractivity (Wildman–Crippen MR) is 333 cm³/mol. The van der Waals surface area contributed by atoms with Crippen LogP contribution in [0.15, 0.2) is 241 Å². The van der Waals surface area contributed by atoms with Gasteiger partial charge in [-0.3, -0.25) is 0 Å². The van der Waals surface area contributed by atoms with Gasteiger partial charge in [-0.05, 0) is 132 Å². The Balaban J connectivity index is 1.02. The van der Waals surface area contributed by atoms with Crippen molar-refractivity contribution in [3.8, 4) is 61.7 Å². The normalized spacial score (nSPS) is 13.0. The van der Waals surface area contributed by atoms with E-state index < -0.39 is 0 Å². The standard InChI is InChI=1S/C74H57BN2O2/c1-73(2,3)51-33-38-62-58(43-51)59-44-52(74(4,5)6)34-39-63(59)76(62)53-35-36-60-68(45-53)79-69-42-50(46-20-10-7-11-21-46)41-65-71(69)75(60)61-40-49(54-27-19-31-67-70(54)57-26-16-17-30-66(57)78-67)32-37-64(61)77(65)72-55(47-22-12-8-13-23-47)28-18-29-56(72)48-24-14-9-15-25-48/h7-45H,1-6H3. The Morgan fingerprint density at radius 1 is 0.380 bits per heavy atom. The van der Waals surface area contributed by atoms with Gasteiger partial charge in [0.05, 0.1) is 16.7 Å². The first kappa shape index (κ1) is 46.9. The van der Waals surface area contributed by atoms with Gasteiger partial charge in [-0.2, -0.15) is 0 Å². The maximum atomic E-state index is 7.56. The zero-order valence-corrected chi connectivity index (χ0v) is 45.3. The van der Waals surface area contributed by atoms with E-state index in [0.29, 0.717) is 0 Å². The van der Waals surface area contributed by atoms with Crippen molar-refractivity contribution >= 4 is 83.9 Å². The average molecular weight is 1020 g/mol. The molecule has 0 saturated carbocycles. The largest absolute Gasteiger partial charge is 0.458 e. The minimum atomic E-state index is -0.190. The first-order valence-corrected chi connectivity index (χ1v) is 27.7. The summed E-state index contributed by atoms with van der Waals surface area (Å²) in [5.74, 6) is 1.70. The van der Waals surface area contributed by atoms with Crippen LogP contribution in [0.2, 0.25) is 0 Å². The summed E-state index contributed by atoms with van der Waals surface area (Å²) in [7, 11) is 0. The maximum Gasteiger partial charge on any atom is 0.256 e. The Bertz CT molecular complexity index is 4470. The number of benzene rings is 11. The average Bonchev–Trinajstić information content (AvgIpc) is 4.05. The van der Waals surface area contributed by atoms with Gasteiger partial charge < -0.3 is 18.6 Å². The third-order valence-electron chi connectivity index (χ3n) is 16.8. The minimum absolute atomic E-state index is 0.00788. The summed E-state index contributed by atoms with van der Waals surface area (Å²) < 4.78 is 16.5. The van der Waals surface area contributed by atoms with Crippen LogP contribution in [0.5, 0.6) is 11.5 Å². The van der Waals surface area contributed by atoms with Gasteiger partial charge >= 0.3 is 0 Å². The van der Waals surface area contributed by atoms with E-state index in [2.05, 4.69) is 282 Å². The van der Waals surface area contributed by atoms with E-state index in [1.54, 1.807) is 0 Å². The molecule has 0 radical (unpaired) electrons. The van der Waals surface area contributed by atoms with E-state index in [1.807, 2.05) is 6.07 Å². The van der Waals surface area contributed by atoms with E-state index in [0.717, 1.165) is 112 Å². The third kappa shape index (κ3) is 7.51. The molecule has 15 rings (SSSR count). The highest BCUT2D eigenvalue weighted by molar-refractivity contribution is 6.99. The van der Waals surface area contributed by atoms with E-state index >= 15 is 0 Å². The first-order valence-electron chi connectivity index (χ1n) is 27.7. The van der Waals surface area contributed by atoms with Crippen molar-refractivity contribution in [3.05, 3.63) is 248 Å². The third-order valence-corrected chi connectivity index (χ3v) is 16.8. The molecule has 11 aromatic carbocycles. The summed E-state index contributed by atoms with van der Waals surface area (Å²) >= 11 is 0. The number of rotatable bonds is 6. The molecule has 0 spiro atoms. The molecule has 4 nitrogen and oxygen atoms in total. The molecule has 0 N–H and O–H groups in total. The van der Waals surface area contributed by atoms with Crippen LogP contribution in [0.4, 0.5) is 17.1 Å². The van der Waals surface area contributed by atoms with Crippen molar-refractivity contribution in [2.75, 3.05) is 4.90 Å². The molecule has 0 bridgehead atoms. The van der Waals surface area contributed by atoms with Crippen LogP contribution in [0.1, 0.15) is 52.7 Å². The van der Waals surface area contributed by atoms with Crippen molar-refractivity contribution in [3.63, 3.8) is 0 Å². The number of hydrogen-bond acceptors (Lipinski definition) is 3. The molecule has 0 unspecified atom stereocenters. The number of fused-ring (bicyclic) bond motifs is 10. The van der Waals surface area contributed by atoms with Gasteiger partial charge in [0.1, 0.15) is 22.7 Å². The molecule has 0 fully saturated rings. The Labute approximate surface area is 461 Å². The number of ether oxygens (including phenoxy) is 1. The smallest absolute Gasteiger partial charge is 0.256 e. The molecular weight excluding hydrogens is 960 g/mol. The van der Waals surface area contributed by atoms with Crippen LogP contribution in [-0.4, -0.2) is 11.3 Å². The lowest BCUT2D eigenvalue weighted by Gasteiger charge is -2.42. The molecule has 0 saturated heterocycles. The lowest BCUT2D eigenvalue weighted by molar-refractivity contribution is 0.487. The van der Waals surface area contributed by atoms with E-state index in [4.69, 9.17) is 9.15 Å². The van der Waals surface area contributed by atoms with Crippen LogP contribution in [0.3, 0.4) is 0 Å². The predicted octanol–water partition coefficient (Wildman–Crippen LogP) is 18.4. The molecule has 0 atom stereocenters. The van der Waals surface area contributed by atoms with Gasteiger partial charge in [0.2, 0.25) is 0 Å². The molecule has 5 heteroatoms. The summed E-state index contributed by atoms with van der Waals surface area (Å²) in [5.41, 5.74) is 23.6. The summed E-state index contributed by atoms with van der Waals surface area (Å²) in [6.45, 7) is 13.6. The number of aromatic nitrogens is 1. The second-order valence-corrected chi connectivity index (χ2v) is 23.6. The van der Waals surface area contributed by atoms with Crippen LogP contribution in [-0.2, 0) is 10.8 Å². The number of furan rings is 1. The van der Waals surface area contributed by atoms with Crippen molar-refractivity contribution in [2.45, 2.75) is 52.4 Å². The molecule has 79 heavy (non-hydrogen) atoms. The molecule has 0 aliphatic carbocycles. The fourth-order valence-electron chi connectivity index (χ4n) is 12.8. The Hall–Kier alpha value is -9.32. The number of para-hydroxylation sites is 2. The summed E-state index contributed by atoms with van der Waals surface area (Å²) in [6, 6.07) is 87.1. The Morgan fingerprint density at radius 3 is 1.61 bits per heavy atom. The van der Waals surface area contributed by atoms with Crippen molar-refractivity contribution in [1.29, 1.82) is 0 Å². The van der Waals surface area contributed by atoms with E-state index in [-0.39, 0.29) is 17.5 Å². The van der Waals surface area contributed by atoms with Crippen LogP contribution >= 0.6 is 0 Å². The quantitative estimate of drug-likeness (QED) is 0.156. The Kier molecular flexibility index (Phi) is 10.5. The molecule has 4 heterocycles. The number of nitrogens with zero attached hydrogens (tertiary/aromatic N) is 2. The van der Waals surface area contributed by atoms with Gasteiger partial charge in [-0.1, -0.05) is 211 Å². The summed E-state index contributed by atoms with van der Waals surface area (Å²) in [6.07, 6.45) is 0. The molecule has 13 aromatic rings. The minimum Gasteiger partial charge on any atom is -0.458 e. The van der Waals surface area contributed by atoms with Crippen LogP contribution in [0.25, 0.3) is 93.9 Å². The fourth-order valence-corrected chi connectivity index (χ4v) is 12.8. The summed E-state index contributed by atoms with van der Waals surface area (Å²) in [5, 5.41) is 4.74. The van der Waals surface area contributed by atoms with Gasteiger partial charge in [0.25, 0.3) is 6.71 Å². The van der Waals surface area contributed by atoms with Gasteiger partial charge in [-0.25, -0.2) is 0 Å². The van der Waals surface area contributed by atoms with Gasteiger partial charge in [0, 0.05) is 55.8 Å². The van der Waals surface area contributed by atoms with Gasteiger partial charge in [-0.15, -0.1) is 0 Å². The molecular formula is C74H57BN2O2. The zero-order chi connectivity index (χ0) is 53.3. The highest BCUT2D eigenvalue weighted by Gasteiger charge is 2.44. The Morgan fingerprint density at radius 2 is 0.962 bits per heavy atom. The topological polar surface area (TPSA) is 30.5 Å². The van der Waals surface area contributed by atoms with Gasteiger partial charge in [0.15, 0.2) is 0 Å². The van der Waals surface area contributed by atoms with E-state index in [9.17, 15) is 0 Å².